The molecule has 28 heavy (non-hydrogen) atoms. The van der Waals surface area contributed by atoms with E-state index < -0.39 is 10.0 Å². The number of anilines is 2. The summed E-state index contributed by atoms with van der Waals surface area (Å²) in [6.45, 7) is 3.91. The van der Waals surface area contributed by atoms with Gasteiger partial charge >= 0.3 is 0 Å². The van der Waals surface area contributed by atoms with Crippen molar-refractivity contribution in [3.63, 3.8) is 0 Å². The SMILES string of the molecule is CCSc1ccccc1NS(=O)(=O)c1nnc(NC(=O)c2ccc(C)cc2)s1. The lowest BCUT2D eigenvalue weighted by Crippen LogP contribution is -2.13. The van der Waals surface area contributed by atoms with E-state index in [4.69, 9.17) is 0 Å². The second kappa shape index (κ2) is 8.72. The fourth-order valence-corrected chi connectivity index (χ4v) is 5.07. The lowest BCUT2D eigenvalue weighted by molar-refractivity contribution is 0.102. The van der Waals surface area contributed by atoms with Crippen LogP contribution in [0, 0.1) is 6.92 Å². The Morgan fingerprint density at radius 1 is 1.11 bits per heavy atom. The standard InChI is InChI=1S/C18H18N4O3S3/c1-3-26-15-7-5-4-6-14(15)22-28(24,25)18-21-20-17(27-18)19-16(23)13-10-8-12(2)9-11-13/h4-11,22H,3H2,1-2H3,(H,19,20,23). The van der Waals surface area contributed by atoms with Crippen molar-refractivity contribution in [2.24, 2.45) is 0 Å². The van der Waals surface area contributed by atoms with Crippen LogP contribution in [0.3, 0.4) is 0 Å². The van der Waals surface area contributed by atoms with E-state index in [1.807, 2.05) is 38.1 Å². The molecule has 0 unspecified atom stereocenters. The van der Waals surface area contributed by atoms with Crippen molar-refractivity contribution in [2.45, 2.75) is 23.1 Å². The average molecular weight is 435 g/mol. The lowest BCUT2D eigenvalue weighted by Gasteiger charge is -2.09. The average Bonchev–Trinajstić information content (AvgIpc) is 3.13. The highest BCUT2D eigenvalue weighted by Gasteiger charge is 2.22. The molecule has 0 spiro atoms. The van der Waals surface area contributed by atoms with Gasteiger partial charge in [-0.05, 0) is 36.9 Å². The number of carbonyl (C=O) groups excluding carboxylic acids is 1. The van der Waals surface area contributed by atoms with Crippen LogP contribution in [-0.4, -0.2) is 30.3 Å². The van der Waals surface area contributed by atoms with Gasteiger partial charge in [0, 0.05) is 10.5 Å². The van der Waals surface area contributed by atoms with E-state index in [0.717, 1.165) is 27.5 Å². The van der Waals surface area contributed by atoms with Crippen LogP contribution >= 0.6 is 23.1 Å². The number of amides is 1. The zero-order chi connectivity index (χ0) is 20.1. The first-order valence-electron chi connectivity index (χ1n) is 8.35. The van der Waals surface area contributed by atoms with Crippen LogP contribution in [0.15, 0.2) is 57.8 Å². The van der Waals surface area contributed by atoms with E-state index in [1.165, 1.54) is 11.8 Å². The Kier molecular flexibility index (Phi) is 6.32. The first-order valence-corrected chi connectivity index (χ1v) is 11.6. The summed E-state index contributed by atoms with van der Waals surface area (Å²) in [5.74, 6) is 0.435. The minimum Gasteiger partial charge on any atom is -0.296 e. The first-order chi connectivity index (χ1) is 13.4. The second-order valence-corrected chi connectivity index (χ2v) is 9.87. The summed E-state index contributed by atoms with van der Waals surface area (Å²) in [5.41, 5.74) is 1.97. The molecule has 0 aliphatic heterocycles. The number of carbonyl (C=O) groups is 1. The summed E-state index contributed by atoms with van der Waals surface area (Å²) in [5, 5.41) is 10.2. The number of aryl methyl sites for hydroxylation is 1. The summed E-state index contributed by atoms with van der Waals surface area (Å²) >= 11 is 2.33. The van der Waals surface area contributed by atoms with Crippen molar-refractivity contribution in [1.82, 2.24) is 10.2 Å². The maximum Gasteiger partial charge on any atom is 0.291 e. The van der Waals surface area contributed by atoms with Gasteiger partial charge in [-0.15, -0.1) is 22.0 Å². The Balaban J connectivity index is 1.75. The fraction of sp³-hybridized carbons (Fsp3) is 0.167. The number of thioether (sulfide) groups is 1. The number of sulfonamides is 1. The van der Waals surface area contributed by atoms with E-state index in [9.17, 15) is 13.2 Å². The first kappa shape index (κ1) is 20.3. The Hall–Kier alpha value is -2.43. The van der Waals surface area contributed by atoms with Gasteiger partial charge in [0.25, 0.3) is 20.3 Å². The van der Waals surface area contributed by atoms with Gasteiger partial charge in [-0.3, -0.25) is 14.8 Å². The van der Waals surface area contributed by atoms with Gasteiger partial charge in [0.15, 0.2) is 0 Å². The van der Waals surface area contributed by atoms with Crippen LogP contribution < -0.4 is 10.0 Å². The highest BCUT2D eigenvalue weighted by molar-refractivity contribution is 7.99. The van der Waals surface area contributed by atoms with Gasteiger partial charge < -0.3 is 0 Å². The Morgan fingerprint density at radius 3 is 2.54 bits per heavy atom. The molecule has 2 N–H and O–H groups in total. The summed E-state index contributed by atoms with van der Waals surface area (Å²) in [6.07, 6.45) is 0. The molecule has 0 atom stereocenters. The van der Waals surface area contributed by atoms with Crippen LogP contribution in [0.25, 0.3) is 0 Å². The number of hydrogen-bond donors (Lipinski definition) is 2. The number of para-hydroxylation sites is 1. The monoisotopic (exact) mass is 434 g/mol. The number of hydrogen-bond acceptors (Lipinski definition) is 7. The largest absolute Gasteiger partial charge is 0.296 e. The molecule has 1 heterocycles. The third kappa shape index (κ3) is 4.89. The number of rotatable bonds is 7. The topological polar surface area (TPSA) is 101 Å². The van der Waals surface area contributed by atoms with Gasteiger partial charge in [0.1, 0.15) is 0 Å². The zero-order valence-corrected chi connectivity index (χ0v) is 17.6. The fourth-order valence-electron chi connectivity index (χ4n) is 2.26. The Labute approximate surface area is 171 Å². The van der Waals surface area contributed by atoms with Gasteiger partial charge in [-0.2, -0.15) is 8.42 Å². The minimum atomic E-state index is -3.91. The van der Waals surface area contributed by atoms with Crippen molar-refractivity contribution >= 4 is 49.8 Å². The molecule has 0 aliphatic rings. The maximum absolute atomic E-state index is 12.6. The Morgan fingerprint density at radius 2 is 1.82 bits per heavy atom. The van der Waals surface area contributed by atoms with Crippen molar-refractivity contribution in [3.05, 3.63) is 59.7 Å². The molecular formula is C18H18N4O3S3. The molecule has 0 saturated heterocycles. The summed E-state index contributed by atoms with van der Waals surface area (Å²) in [4.78, 5) is 13.1. The molecule has 0 saturated carbocycles. The van der Waals surface area contributed by atoms with Gasteiger partial charge in [0.2, 0.25) is 5.13 Å². The number of aromatic nitrogens is 2. The molecule has 0 fully saturated rings. The maximum atomic E-state index is 12.6. The molecule has 146 valence electrons. The van der Waals surface area contributed by atoms with E-state index >= 15 is 0 Å². The van der Waals surface area contributed by atoms with Crippen molar-refractivity contribution in [1.29, 1.82) is 0 Å². The second-order valence-electron chi connectivity index (χ2n) is 5.73. The van der Waals surface area contributed by atoms with E-state index in [-0.39, 0.29) is 15.4 Å². The summed E-state index contributed by atoms with van der Waals surface area (Å²) < 4.78 is 27.6. The van der Waals surface area contributed by atoms with Crippen LogP contribution in [0.2, 0.25) is 0 Å². The zero-order valence-electron chi connectivity index (χ0n) is 15.2. The van der Waals surface area contributed by atoms with Crippen LogP contribution in [0.1, 0.15) is 22.8 Å². The van der Waals surface area contributed by atoms with Gasteiger partial charge in [-0.1, -0.05) is 48.1 Å². The summed E-state index contributed by atoms with van der Waals surface area (Å²) in [6, 6.07) is 14.2. The molecule has 3 aromatic rings. The normalized spacial score (nSPS) is 11.2. The van der Waals surface area contributed by atoms with E-state index in [1.54, 1.807) is 24.3 Å². The van der Waals surface area contributed by atoms with Gasteiger partial charge in [0.05, 0.1) is 5.69 Å². The number of benzene rings is 2. The third-order valence-corrected chi connectivity index (χ3v) is 7.13. The molecule has 3 rings (SSSR count). The molecule has 0 bridgehead atoms. The third-order valence-electron chi connectivity index (χ3n) is 3.60. The molecule has 10 heteroatoms. The van der Waals surface area contributed by atoms with Crippen molar-refractivity contribution < 1.29 is 13.2 Å². The molecule has 7 nitrogen and oxygen atoms in total. The van der Waals surface area contributed by atoms with Crippen LogP contribution in [-0.2, 0) is 10.0 Å². The molecule has 1 amide bonds. The Bertz CT molecular complexity index is 1080. The van der Waals surface area contributed by atoms with E-state index in [2.05, 4.69) is 20.2 Å². The molecular weight excluding hydrogens is 416 g/mol. The highest BCUT2D eigenvalue weighted by Crippen LogP contribution is 2.29. The number of nitrogens with zero attached hydrogens (tertiary/aromatic N) is 2. The van der Waals surface area contributed by atoms with Crippen molar-refractivity contribution in [2.75, 3.05) is 15.8 Å². The van der Waals surface area contributed by atoms with Crippen molar-refractivity contribution in [3.8, 4) is 0 Å². The number of nitrogens with one attached hydrogen (secondary N) is 2. The molecule has 1 aromatic heterocycles. The smallest absolute Gasteiger partial charge is 0.291 e. The van der Waals surface area contributed by atoms with Gasteiger partial charge in [-0.25, -0.2) is 0 Å². The quantitative estimate of drug-likeness (QED) is 0.430. The molecule has 0 aliphatic carbocycles. The van der Waals surface area contributed by atoms with Crippen LogP contribution in [0.5, 0.6) is 0 Å². The minimum absolute atomic E-state index is 0.113. The molecule has 0 radical (unpaired) electrons. The molecule has 2 aromatic carbocycles. The summed E-state index contributed by atoms with van der Waals surface area (Å²) in [7, 11) is -3.91. The van der Waals surface area contributed by atoms with E-state index in [0.29, 0.717) is 11.3 Å². The predicted octanol–water partition coefficient (Wildman–Crippen LogP) is 4.01. The lowest BCUT2D eigenvalue weighted by atomic mass is 10.1. The predicted molar refractivity (Wildman–Crippen MR) is 113 cm³/mol. The van der Waals surface area contributed by atoms with Crippen LogP contribution in [0.4, 0.5) is 10.8 Å². The highest BCUT2D eigenvalue weighted by atomic mass is 32.2.